The van der Waals surface area contributed by atoms with Gasteiger partial charge < -0.3 is 19.8 Å². The largest absolute Gasteiger partial charge is 0.497 e. The van der Waals surface area contributed by atoms with Crippen LogP contribution < -0.4 is 15.0 Å². The molecule has 9 heteroatoms. The summed E-state index contributed by atoms with van der Waals surface area (Å²) < 4.78 is 10.5. The van der Waals surface area contributed by atoms with Crippen LogP contribution in [0.2, 0.25) is 0 Å². The van der Waals surface area contributed by atoms with Gasteiger partial charge in [-0.25, -0.2) is 9.69 Å². The number of carbonyl (C=O) groups excluding carboxylic acids is 3. The molecule has 0 unspecified atom stereocenters. The normalized spacial score (nSPS) is 18.1. The van der Waals surface area contributed by atoms with Gasteiger partial charge in [0, 0.05) is 43.3 Å². The van der Waals surface area contributed by atoms with Gasteiger partial charge in [0.1, 0.15) is 17.8 Å². The summed E-state index contributed by atoms with van der Waals surface area (Å²) in [7, 11) is 3.20. The number of imide groups is 1. The fourth-order valence-electron chi connectivity index (χ4n) is 5.83. The van der Waals surface area contributed by atoms with Gasteiger partial charge in [0.15, 0.2) is 0 Å². The van der Waals surface area contributed by atoms with Crippen LogP contribution in [0, 0.1) is 0 Å². The summed E-state index contributed by atoms with van der Waals surface area (Å²) in [6.45, 7) is 0.930. The number of carbonyl (C=O) groups is 3. The highest BCUT2D eigenvalue weighted by atomic mass is 16.5. The molecule has 3 heterocycles. The maximum absolute atomic E-state index is 14.2. The van der Waals surface area contributed by atoms with Crippen molar-refractivity contribution in [1.82, 2.24) is 15.2 Å². The minimum absolute atomic E-state index is 0.267. The van der Waals surface area contributed by atoms with Crippen molar-refractivity contribution in [2.45, 2.75) is 24.9 Å². The second kappa shape index (κ2) is 10.5. The van der Waals surface area contributed by atoms with Crippen molar-refractivity contribution < 1.29 is 23.9 Å². The van der Waals surface area contributed by atoms with E-state index in [4.69, 9.17) is 9.47 Å². The maximum atomic E-state index is 14.2. The molecule has 1 aromatic heterocycles. The Morgan fingerprint density at radius 2 is 1.82 bits per heavy atom. The molecular formula is C31H30N4O5. The lowest BCUT2D eigenvalue weighted by Gasteiger charge is -2.36. The first kappa shape index (κ1) is 25.6. The highest BCUT2D eigenvalue weighted by Crippen LogP contribution is 2.45. The van der Waals surface area contributed by atoms with Crippen LogP contribution in [-0.4, -0.2) is 61.1 Å². The number of aromatic amines is 1. The number of H-pyrrole nitrogens is 1. The van der Waals surface area contributed by atoms with Crippen LogP contribution in [0.15, 0.2) is 72.8 Å². The fourth-order valence-corrected chi connectivity index (χ4v) is 5.83. The minimum Gasteiger partial charge on any atom is -0.497 e. The average molecular weight is 539 g/mol. The Morgan fingerprint density at radius 3 is 2.65 bits per heavy atom. The molecule has 0 bridgehead atoms. The van der Waals surface area contributed by atoms with Crippen LogP contribution in [0.25, 0.3) is 10.9 Å². The Balaban J connectivity index is 1.43. The molecule has 0 spiro atoms. The Morgan fingerprint density at radius 1 is 1.02 bits per heavy atom. The monoisotopic (exact) mass is 538 g/mol. The first-order valence-corrected chi connectivity index (χ1v) is 13.3. The minimum atomic E-state index is -0.728. The van der Waals surface area contributed by atoms with E-state index in [0.717, 1.165) is 32.6 Å². The van der Waals surface area contributed by atoms with Gasteiger partial charge in [0.25, 0.3) is 11.8 Å². The van der Waals surface area contributed by atoms with Gasteiger partial charge in [-0.1, -0.05) is 42.5 Å². The molecule has 0 saturated carbocycles. The van der Waals surface area contributed by atoms with E-state index in [1.165, 1.54) is 0 Å². The molecule has 4 amide bonds. The number of aromatic nitrogens is 1. The summed E-state index contributed by atoms with van der Waals surface area (Å²) in [5.74, 6) is -0.0474. The Kier molecular flexibility index (Phi) is 6.73. The van der Waals surface area contributed by atoms with Gasteiger partial charge in [0.05, 0.1) is 18.4 Å². The van der Waals surface area contributed by atoms with Crippen molar-refractivity contribution in [2.75, 3.05) is 32.3 Å². The molecule has 3 aromatic carbocycles. The van der Waals surface area contributed by atoms with Crippen molar-refractivity contribution >= 4 is 34.4 Å². The molecule has 0 radical (unpaired) electrons. The number of anilines is 1. The first-order valence-electron chi connectivity index (χ1n) is 13.3. The number of fused-ring (bicyclic) bond motifs is 4. The summed E-state index contributed by atoms with van der Waals surface area (Å²) in [5, 5.41) is 3.89. The smallest absolute Gasteiger partial charge is 0.332 e. The number of amides is 4. The Bertz CT molecular complexity index is 1610. The Hall–Kier alpha value is -4.63. The molecule has 6 rings (SSSR count). The summed E-state index contributed by atoms with van der Waals surface area (Å²) >= 11 is 0. The molecule has 2 aliphatic heterocycles. The standard InChI is InChI=1S/C31H30N4O5/c1-39-16-8-15-32-29(36)22-12-4-6-14-25(22)35-30(37)26-18-23-21-11-3-5-13-24(21)33-27(23)28(34(26)31(35)38)19-9-7-10-20(17-19)40-2/h3-7,9-14,17,26,28,33H,8,15-16,18H2,1-2H3,(H,32,36)/t26-,28-/m0/s1. The van der Waals surface area contributed by atoms with Gasteiger partial charge in [-0.05, 0) is 47.9 Å². The zero-order chi connectivity index (χ0) is 27.8. The van der Waals surface area contributed by atoms with Gasteiger partial charge >= 0.3 is 6.03 Å². The molecule has 1 fully saturated rings. The summed E-state index contributed by atoms with van der Waals surface area (Å²) in [4.78, 5) is 47.8. The Labute approximate surface area is 231 Å². The lowest BCUT2D eigenvalue weighted by Crippen LogP contribution is -2.44. The van der Waals surface area contributed by atoms with E-state index in [-0.39, 0.29) is 23.1 Å². The van der Waals surface area contributed by atoms with Crippen LogP contribution in [0.3, 0.4) is 0 Å². The molecular weight excluding hydrogens is 508 g/mol. The summed E-state index contributed by atoms with van der Waals surface area (Å²) in [5.41, 5.74) is 4.20. The zero-order valence-electron chi connectivity index (χ0n) is 22.3. The van der Waals surface area contributed by atoms with Crippen LogP contribution in [0.1, 0.15) is 39.6 Å². The topological polar surface area (TPSA) is 104 Å². The van der Waals surface area contributed by atoms with Crippen LogP contribution in [0.4, 0.5) is 10.5 Å². The van der Waals surface area contributed by atoms with E-state index >= 15 is 0 Å². The van der Waals surface area contributed by atoms with Crippen LogP contribution in [0.5, 0.6) is 5.75 Å². The SMILES string of the molecule is COCCCNC(=O)c1ccccc1N1C(=O)[C@@H]2Cc3c([nH]c4ccccc34)[C@H](c3cccc(OC)c3)N2C1=O. The average Bonchev–Trinajstić information content (AvgIpc) is 3.48. The van der Waals surface area contributed by atoms with E-state index in [9.17, 15) is 14.4 Å². The first-order chi connectivity index (χ1) is 19.5. The number of nitrogens with zero attached hydrogens (tertiary/aromatic N) is 2. The van der Waals surface area contributed by atoms with Crippen molar-refractivity contribution in [1.29, 1.82) is 0 Å². The number of hydrogen-bond donors (Lipinski definition) is 2. The number of methoxy groups -OCH3 is 2. The molecule has 2 aliphatic rings. The van der Waals surface area contributed by atoms with Crippen molar-refractivity contribution in [3.63, 3.8) is 0 Å². The predicted octanol–water partition coefficient (Wildman–Crippen LogP) is 4.43. The van der Waals surface area contributed by atoms with Gasteiger partial charge in [-0.2, -0.15) is 0 Å². The van der Waals surface area contributed by atoms with Crippen molar-refractivity contribution in [2.24, 2.45) is 0 Å². The lowest BCUT2D eigenvalue weighted by atomic mass is 9.89. The number of urea groups is 1. The number of ether oxygens (including phenoxy) is 2. The van der Waals surface area contributed by atoms with Gasteiger partial charge in [0.2, 0.25) is 0 Å². The van der Waals surface area contributed by atoms with E-state index in [2.05, 4.69) is 10.3 Å². The molecule has 204 valence electrons. The molecule has 0 aliphatic carbocycles. The molecule has 1 saturated heterocycles. The predicted molar refractivity (Wildman–Crippen MR) is 151 cm³/mol. The third-order valence-electron chi connectivity index (χ3n) is 7.66. The second-order valence-electron chi connectivity index (χ2n) is 9.94. The third kappa shape index (κ3) is 4.19. The van der Waals surface area contributed by atoms with E-state index in [1.807, 2.05) is 48.5 Å². The van der Waals surface area contributed by atoms with E-state index in [0.29, 0.717) is 31.7 Å². The van der Waals surface area contributed by atoms with Crippen molar-refractivity contribution in [3.05, 3.63) is 95.2 Å². The number of para-hydroxylation sites is 2. The number of hydrogen-bond acceptors (Lipinski definition) is 5. The van der Waals surface area contributed by atoms with E-state index in [1.54, 1.807) is 43.4 Å². The summed E-state index contributed by atoms with van der Waals surface area (Å²) in [6.07, 6.45) is 1.02. The zero-order valence-corrected chi connectivity index (χ0v) is 22.3. The van der Waals surface area contributed by atoms with Gasteiger partial charge in [-0.15, -0.1) is 0 Å². The number of rotatable bonds is 8. The van der Waals surface area contributed by atoms with Crippen LogP contribution >= 0.6 is 0 Å². The lowest BCUT2D eigenvalue weighted by molar-refractivity contribution is -0.120. The number of nitrogens with one attached hydrogen (secondary N) is 2. The third-order valence-corrected chi connectivity index (χ3v) is 7.66. The molecule has 2 atom stereocenters. The highest BCUT2D eigenvalue weighted by Gasteiger charge is 2.53. The molecule has 4 aromatic rings. The number of benzene rings is 3. The maximum Gasteiger partial charge on any atom is 0.332 e. The second-order valence-corrected chi connectivity index (χ2v) is 9.94. The highest BCUT2D eigenvalue weighted by molar-refractivity contribution is 6.24. The van der Waals surface area contributed by atoms with Gasteiger partial charge in [-0.3, -0.25) is 14.5 Å². The quantitative estimate of drug-likeness (QED) is 0.255. The van der Waals surface area contributed by atoms with E-state index < -0.39 is 18.1 Å². The molecule has 40 heavy (non-hydrogen) atoms. The fraction of sp³-hybridized carbons (Fsp3) is 0.258. The molecule has 2 N–H and O–H groups in total. The molecule has 9 nitrogen and oxygen atoms in total. The summed E-state index contributed by atoms with van der Waals surface area (Å²) in [6, 6.07) is 20.5. The van der Waals surface area contributed by atoms with Crippen LogP contribution in [-0.2, 0) is 16.0 Å². The van der Waals surface area contributed by atoms with Crippen molar-refractivity contribution in [3.8, 4) is 5.75 Å².